The minimum absolute atomic E-state index is 0.166. The highest BCUT2D eigenvalue weighted by molar-refractivity contribution is 7.71. The molecule has 1 N–H and O–H groups in total. The molecule has 2 rings (SSSR count). The first-order valence-corrected chi connectivity index (χ1v) is 6.61. The van der Waals surface area contributed by atoms with Gasteiger partial charge in [-0.2, -0.15) is 0 Å². The van der Waals surface area contributed by atoms with E-state index in [4.69, 9.17) is 12.2 Å². The summed E-state index contributed by atoms with van der Waals surface area (Å²) in [6, 6.07) is 0.614. The van der Waals surface area contributed by atoms with Gasteiger partial charge in [-0.25, -0.2) is 0 Å². The Labute approximate surface area is 103 Å². The normalized spacial score (nSPS) is 26.2. The third-order valence-corrected chi connectivity index (χ3v) is 3.93. The number of imidazole rings is 1. The second-order valence-corrected chi connectivity index (χ2v) is 6.56. The highest BCUT2D eigenvalue weighted by Crippen LogP contribution is 2.37. The van der Waals surface area contributed by atoms with Gasteiger partial charge >= 0.3 is 0 Å². The van der Waals surface area contributed by atoms with Crippen LogP contribution in [0.1, 0.15) is 58.7 Å². The van der Waals surface area contributed by atoms with Gasteiger partial charge in [-0.15, -0.1) is 0 Å². The summed E-state index contributed by atoms with van der Waals surface area (Å²) in [6.45, 7) is 9.09. The van der Waals surface area contributed by atoms with Gasteiger partial charge in [0.25, 0.3) is 0 Å². The Morgan fingerprint density at radius 3 is 2.56 bits per heavy atom. The predicted octanol–water partition coefficient (Wildman–Crippen LogP) is 4.20. The van der Waals surface area contributed by atoms with E-state index in [9.17, 15) is 0 Å². The van der Waals surface area contributed by atoms with Crippen molar-refractivity contribution in [3.8, 4) is 0 Å². The maximum atomic E-state index is 5.42. The monoisotopic (exact) mass is 238 g/mol. The van der Waals surface area contributed by atoms with Crippen molar-refractivity contribution in [2.24, 2.45) is 5.92 Å². The Morgan fingerprint density at radius 1 is 1.38 bits per heavy atom. The minimum Gasteiger partial charge on any atom is -0.337 e. The molecule has 0 saturated heterocycles. The molecule has 0 bridgehead atoms. The quantitative estimate of drug-likeness (QED) is 0.727. The molecular weight excluding hydrogens is 216 g/mol. The number of nitrogens with one attached hydrogen (secondary N) is 1. The number of nitrogens with zero attached hydrogens (tertiary/aromatic N) is 1. The lowest BCUT2D eigenvalue weighted by atomic mass is 9.92. The van der Waals surface area contributed by atoms with Gasteiger partial charge in [-0.3, -0.25) is 0 Å². The Balaban J connectivity index is 2.40. The van der Waals surface area contributed by atoms with Crippen molar-refractivity contribution in [3.63, 3.8) is 0 Å². The van der Waals surface area contributed by atoms with E-state index >= 15 is 0 Å². The van der Waals surface area contributed by atoms with E-state index in [2.05, 4.69) is 43.4 Å². The fourth-order valence-corrected chi connectivity index (χ4v) is 3.04. The van der Waals surface area contributed by atoms with Crippen molar-refractivity contribution >= 4 is 12.2 Å². The van der Waals surface area contributed by atoms with Crippen LogP contribution < -0.4 is 0 Å². The molecule has 1 aromatic rings. The predicted molar refractivity (Wildman–Crippen MR) is 70.4 cm³/mol. The maximum absolute atomic E-state index is 5.42. The third-order valence-electron chi connectivity index (χ3n) is 3.61. The average Bonchev–Trinajstić information content (AvgIpc) is 2.70. The van der Waals surface area contributed by atoms with Gasteiger partial charge in [0.1, 0.15) is 0 Å². The third kappa shape index (κ3) is 2.10. The number of aromatic nitrogens is 2. The zero-order valence-electron chi connectivity index (χ0n) is 10.7. The van der Waals surface area contributed by atoms with Crippen LogP contribution in [0.25, 0.3) is 0 Å². The van der Waals surface area contributed by atoms with Gasteiger partial charge in [-0.1, -0.05) is 27.7 Å². The van der Waals surface area contributed by atoms with Crippen LogP contribution in [0.4, 0.5) is 0 Å². The van der Waals surface area contributed by atoms with Gasteiger partial charge in [0.15, 0.2) is 4.77 Å². The first kappa shape index (κ1) is 11.9. The molecule has 1 saturated carbocycles. The van der Waals surface area contributed by atoms with Gasteiger partial charge < -0.3 is 9.55 Å². The van der Waals surface area contributed by atoms with Crippen molar-refractivity contribution in [3.05, 3.63) is 16.7 Å². The van der Waals surface area contributed by atoms with Crippen LogP contribution >= 0.6 is 12.2 Å². The molecule has 90 valence electrons. The summed E-state index contributed by atoms with van der Waals surface area (Å²) in [5, 5.41) is 0. The lowest BCUT2D eigenvalue weighted by molar-refractivity contribution is 0.433. The summed E-state index contributed by atoms with van der Waals surface area (Å²) in [7, 11) is 0. The summed E-state index contributed by atoms with van der Waals surface area (Å²) in [4.78, 5) is 3.21. The zero-order chi connectivity index (χ0) is 11.9. The Hall–Kier alpha value is -0.570. The first-order chi connectivity index (χ1) is 7.39. The maximum Gasteiger partial charge on any atom is 0.177 e. The highest BCUT2D eigenvalue weighted by Gasteiger charge is 2.28. The summed E-state index contributed by atoms with van der Waals surface area (Å²) in [5.41, 5.74) is 1.51. The number of hydrogen-bond acceptors (Lipinski definition) is 1. The molecule has 1 fully saturated rings. The van der Waals surface area contributed by atoms with Gasteiger partial charge in [0, 0.05) is 23.3 Å². The summed E-state index contributed by atoms with van der Waals surface area (Å²) >= 11 is 5.42. The first-order valence-electron chi connectivity index (χ1n) is 6.20. The molecule has 3 heteroatoms. The molecule has 1 aliphatic carbocycles. The molecule has 2 nitrogen and oxygen atoms in total. The number of H-pyrrole nitrogens is 1. The summed E-state index contributed by atoms with van der Waals surface area (Å²) < 4.78 is 3.25. The molecule has 1 heterocycles. The van der Waals surface area contributed by atoms with Crippen molar-refractivity contribution in [1.82, 2.24) is 9.55 Å². The van der Waals surface area contributed by atoms with Crippen LogP contribution in [0, 0.1) is 10.7 Å². The number of rotatable bonds is 1. The van der Waals surface area contributed by atoms with E-state index in [1.165, 1.54) is 25.0 Å². The number of aromatic amines is 1. The fourth-order valence-electron chi connectivity index (χ4n) is 2.73. The second kappa shape index (κ2) is 4.02. The molecule has 1 aliphatic rings. The van der Waals surface area contributed by atoms with Crippen molar-refractivity contribution in [2.45, 2.75) is 58.4 Å². The van der Waals surface area contributed by atoms with E-state index in [0.29, 0.717) is 6.04 Å². The van der Waals surface area contributed by atoms with Crippen LogP contribution in [0.3, 0.4) is 0 Å². The van der Waals surface area contributed by atoms with Crippen LogP contribution in [0.15, 0.2) is 6.20 Å². The molecule has 1 aromatic heterocycles. The molecule has 16 heavy (non-hydrogen) atoms. The highest BCUT2D eigenvalue weighted by atomic mass is 32.1. The van der Waals surface area contributed by atoms with E-state index < -0.39 is 0 Å². The number of hydrogen-bond donors (Lipinski definition) is 1. The van der Waals surface area contributed by atoms with E-state index in [1.807, 2.05) is 0 Å². The van der Waals surface area contributed by atoms with Crippen molar-refractivity contribution in [2.75, 3.05) is 0 Å². The van der Waals surface area contributed by atoms with E-state index in [-0.39, 0.29) is 5.41 Å². The Morgan fingerprint density at radius 2 is 2.06 bits per heavy atom. The largest absolute Gasteiger partial charge is 0.337 e. The van der Waals surface area contributed by atoms with Gasteiger partial charge in [0.05, 0.1) is 0 Å². The van der Waals surface area contributed by atoms with E-state index in [1.54, 1.807) is 0 Å². The summed E-state index contributed by atoms with van der Waals surface area (Å²) in [6.07, 6.45) is 5.97. The molecule has 2 atom stereocenters. The molecule has 0 aliphatic heterocycles. The zero-order valence-corrected chi connectivity index (χ0v) is 11.5. The van der Waals surface area contributed by atoms with Crippen molar-refractivity contribution < 1.29 is 0 Å². The van der Waals surface area contributed by atoms with Gasteiger partial charge in [-0.05, 0) is 37.4 Å². The SMILES string of the molecule is CC1CCC(n2c(C(C)(C)C)c[nH]c2=S)C1. The topological polar surface area (TPSA) is 20.7 Å². The average molecular weight is 238 g/mol. The minimum atomic E-state index is 0.166. The Bertz CT molecular complexity index is 422. The summed E-state index contributed by atoms with van der Waals surface area (Å²) in [5.74, 6) is 0.842. The smallest absolute Gasteiger partial charge is 0.177 e. The van der Waals surface area contributed by atoms with E-state index in [0.717, 1.165) is 10.7 Å². The van der Waals surface area contributed by atoms with Crippen molar-refractivity contribution in [1.29, 1.82) is 0 Å². The van der Waals surface area contributed by atoms with Crippen LogP contribution in [-0.4, -0.2) is 9.55 Å². The second-order valence-electron chi connectivity index (χ2n) is 6.17. The molecular formula is C13H22N2S. The molecule has 0 aromatic carbocycles. The van der Waals surface area contributed by atoms with Gasteiger partial charge in [0.2, 0.25) is 0 Å². The molecule has 2 unspecified atom stereocenters. The lowest BCUT2D eigenvalue weighted by Crippen LogP contribution is -2.20. The standard InChI is InChI=1S/C13H22N2S/c1-9-5-6-10(7-9)15-11(13(2,3)4)8-14-12(15)16/h8-10H,5-7H2,1-4H3,(H,14,16). The Kier molecular flexibility index (Phi) is 2.99. The van der Waals surface area contributed by atoms with Crippen LogP contribution in [-0.2, 0) is 5.41 Å². The molecule has 0 spiro atoms. The molecule has 0 radical (unpaired) electrons. The lowest BCUT2D eigenvalue weighted by Gasteiger charge is -2.24. The van der Waals surface area contributed by atoms with Crippen LogP contribution in [0.5, 0.6) is 0 Å². The van der Waals surface area contributed by atoms with Crippen LogP contribution in [0.2, 0.25) is 0 Å². The molecule has 0 amide bonds. The fraction of sp³-hybridized carbons (Fsp3) is 0.769.